The van der Waals surface area contributed by atoms with Crippen molar-refractivity contribution in [1.82, 2.24) is 0 Å². The topological polar surface area (TPSA) is 78.9 Å². The number of carbonyl (C=O) groups is 3. The standard InChI is InChI=1S/C61H118O6/c1-6-8-9-10-11-12-13-26-33-38-43-48-53-61(64)67-58(55-66-60(63)52-47-42-37-32-28-23-19-18-21-25-30-35-40-45-50-57(5)7-2)54-65-59(62)51-46-41-36-31-27-22-17-15-14-16-20-24-29-34-39-44-49-56(3)4/h56-58H,6-55H2,1-5H3/t57?,58-/m1/s1. The van der Waals surface area contributed by atoms with Crippen molar-refractivity contribution in [2.75, 3.05) is 13.2 Å². The number of rotatable bonds is 55. The van der Waals surface area contributed by atoms with Crippen LogP contribution in [-0.2, 0) is 28.6 Å². The SMILES string of the molecule is CCCCCCCCCCCCCCC(=O)O[C@H](COC(=O)CCCCCCCCCCCCCCCCCCC(C)C)COC(=O)CCCCCCCCCCCCCCCCC(C)CC. The zero-order valence-electron chi connectivity index (χ0n) is 46.0. The van der Waals surface area contributed by atoms with Gasteiger partial charge in [0, 0.05) is 19.3 Å². The molecule has 0 amide bonds. The van der Waals surface area contributed by atoms with E-state index < -0.39 is 6.10 Å². The molecule has 0 bridgehead atoms. The van der Waals surface area contributed by atoms with Crippen LogP contribution < -0.4 is 0 Å². The number of carbonyl (C=O) groups excluding carboxylic acids is 3. The monoisotopic (exact) mass is 947 g/mol. The summed E-state index contributed by atoms with van der Waals surface area (Å²) in [5.74, 6) is 0.913. The van der Waals surface area contributed by atoms with E-state index in [0.717, 1.165) is 69.6 Å². The number of unbranched alkanes of at least 4 members (excludes halogenated alkanes) is 39. The van der Waals surface area contributed by atoms with Crippen LogP contribution >= 0.6 is 0 Å². The third-order valence-electron chi connectivity index (χ3n) is 14.3. The molecular weight excluding hydrogens is 829 g/mol. The van der Waals surface area contributed by atoms with Crippen molar-refractivity contribution < 1.29 is 28.6 Å². The highest BCUT2D eigenvalue weighted by atomic mass is 16.6. The molecule has 0 spiro atoms. The van der Waals surface area contributed by atoms with Crippen molar-refractivity contribution in [1.29, 1.82) is 0 Å². The maximum atomic E-state index is 12.8. The van der Waals surface area contributed by atoms with E-state index in [1.54, 1.807) is 0 Å². The fraction of sp³-hybridized carbons (Fsp3) is 0.951. The average Bonchev–Trinajstić information content (AvgIpc) is 3.31. The van der Waals surface area contributed by atoms with Gasteiger partial charge in [-0.25, -0.2) is 0 Å². The van der Waals surface area contributed by atoms with Gasteiger partial charge in [0.15, 0.2) is 6.10 Å². The zero-order chi connectivity index (χ0) is 48.9. The molecule has 0 aromatic carbocycles. The van der Waals surface area contributed by atoms with E-state index in [-0.39, 0.29) is 31.1 Å². The number of hydrogen-bond donors (Lipinski definition) is 0. The minimum absolute atomic E-state index is 0.0622. The molecule has 67 heavy (non-hydrogen) atoms. The first-order valence-electron chi connectivity index (χ1n) is 30.3. The molecule has 0 heterocycles. The molecule has 0 rings (SSSR count). The van der Waals surface area contributed by atoms with Crippen molar-refractivity contribution in [3.05, 3.63) is 0 Å². The fourth-order valence-corrected chi connectivity index (χ4v) is 9.37. The van der Waals surface area contributed by atoms with Gasteiger partial charge in [-0.1, -0.05) is 304 Å². The Bertz CT molecular complexity index is 1030. The molecule has 0 radical (unpaired) electrons. The molecule has 398 valence electrons. The molecule has 0 aliphatic carbocycles. The minimum Gasteiger partial charge on any atom is -0.462 e. The van der Waals surface area contributed by atoms with Crippen LogP contribution in [0, 0.1) is 11.8 Å². The summed E-state index contributed by atoms with van der Waals surface area (Å²) in [7, 11) is 0. The van der Waals surface area contributed by atoms with E-state index in [9.17, 15) is 14.4 Å². The Morgan fingerprint density at radius 1 is 0.313 bits per heavy atom. The van der Waals surface area contributed by atoms with E-state index in [2.05, 4.69) is 34.6 Å². The summed E-state index contributed by atoms with van der Waals surface area (Å²) in [5.41, 5.74) is 0. The third kappa shape index (κ3) is 53.6. The van der Waals surface area contributed by atoms with Crippen LogP contribution in [0.25, 0.3) is 0 Å². The molecule has 6 heteroatoms. The summed E-state index contributed by atoms with van der Waals surface area (Å²) in [6.07, 6.45) is 58.0. The quantitative estimate of drug-likeness (QED) is 0.0343. The lowest BCUT2D eigenvalue weighted by Crippen LogP contribution is -2.30. The van der Waals surface area contributed by atoms with Gasteiger partial charge < -0.3 is 14.2 Å². The van der Waals surface area contributed by atoms with E-state index in [1.807, 2.05) is 0 Å². The molecule has 1 unspecified atom stereocenters. The summed E-state index contributed by atoms with van der Waals surface area (Å²) < 4.78 is 16.9. The van der Waals surface area contributed by atoms with Gasteiger partial charge >= 0.3 is 17.9 Å². The van der Waals surface area contributed by atoms with Gasteiger partial charge in [-0.2, -0.15) is 0 Å². The largest absolute Gasteiger partial charge is 0.462 e. The summed E-state index contributed by atoms with van der Waals surface area (Å²) >= 11 is 0. The minimum atomic E-state index is -0.762. The molecule has 0 saturated carbocycles. The Hall–Kier alpha value is -1.59. The van der Waals surface area contributed by atoms with Crippen molar-refractivity contribution in [2.24, 2.45) is 11.8 Å². The van der Waals surface area contributed by atoms with Gasteiger partial charge in [-0.05, 0) is 31.1 Å². The molecule has 0 N–H and O–H groups in total. The van der Waals surface area contributed by atoms with Crippen LogP contribution in [0.2, 0.25) is 0 Å². The zero-order valence-corrected chi connectivity index (χ0v) is 46.0. The summed E-state index contributed by atoms with van der Waals surface area (Å²) in [5, 5.41) is 0. The lowest BCUT2D eigenvalue weighted by Gasteiger charge is -2.18. The smallest absolute Gasteiger partial charge is 0.306 e. The second kappa shape index (κ2) is 53.8. The van der Waals surface area contributed by atoms with Crippen LogP contribution in [0.1, 0.15) is 343 Å². The van der Waals surface area contributed by atoms with Crippen LogP contribution in [0.5, 0.6) is 0 Å². The first kappa shape index (κ1) is 65.4. The molecule has 6 nitrogen and oxygen atoms in total. The summed E-state index contributed by atoms with van der Waals surface area (Å²) in [6.45, 7) is 11.5. The van der Waals surface area contributed by atoms with Gasteiger partial charge in [-0.15, -0.1) is 0 Å². The normalized spacial score (nSPS) is 12.4. The number of ether oxygens (including phenoxy) is 3. The maximum Gasteiger partial charge on any atom is 0.306 e. The molecule has 0 aliphatic heterocycles. The van der Waals surface area contributed by atoms with Crippen LogP contribution in [0.4, 0.5) is 0 Å². The first-order chi connectivity index (χ1) is 32.8. The molecule has 0 aromatic rings. The highest BCUT2D eigenvalue weighted by Gasteiger charge is 2.19. The van der Waals surface area contributed by atoms with Crippen molar-refractivity contribution in [3.8, 4) is 0 Å². The second-order valence-corrected chi connectivity index (χ2v) is 21.7. The Balaban J connectivity index is 4.24. The Morgan fingerprint density at radius 3 is 0.851 bits per heavy atom. The van der Waals surface area contributed by atoms with E-state index in [1.165, 1.54) is 231 Å². The highest BCUT2D eigenvalue weighted by Crippen LogP contribution is 2.19. The van der Waals surface area contributed by atoms with E-state index in [4.69, 9.17) is 14.2 Å². The van der Waals surface area contributed by atoms with Crippen LogP contribution in [-0.4, -0.2) is 37.2 Å². The maximum absolute atomic E-state index is 12.8. The number of hydrogen-bond acceptors (Lipinski definition) is 6. The molecule has 0 aromatic heterocycles. The van der Waals surface area contributed by atoms with Gasteiger partial charge in [-0.3, -0.25) is 14.4 Å². The fourth-order valence-electron chi connectivity index (χ4n) is 9.37. The number of esters is 3. The Kier molecular flexibility index (Phi) is 52.5. The van der Waals surface area contributed by atoms with Crippen LogP contribution in [0.15, 0.2) is 0 Å². The predicted molar refractivity (Wildman–Crippen MR) is 289 cm³/mol. The molecule has 0 saturated heterocycles. The average molecular weight is 948 g/mol. The predicted octanol–water partition coefficient (Wildman–Crippen LogP) is 20.0. The van der Waals surface area contributed by atoms with Crippen molar-refractivity contribution in [2.45, 2.75) is 349 Å². The molecule has 2 atom stereocenters. The highest BCUT2D eigenvalue weighted by molar-refractivity contribution is 5.71. The van der Waals surface area contributed by atoms with Gasteiger partial charge in [0.05, 0.1) is 0 Å². The Labute approximate surface area is 418 Å². The second-order valence-electron chi connectivity index (χ2n) is 21.7. The first-order valence-corrected chi connectivity index (χ1v) is 30.3. The van der Waals surface area contributed by atoms with Gasteiger partial charge in [0.25, 0.3) is 0 Å². The molecule has 0 fully saturated rings. The van der Waals surface area contributed by atoms with Gasteiger partial charge in [0.1, 0.15) is 13.2 Å². The molecular formula is C61H118O6. The van der Waals surface area contributed by atoms with Crippen molar-refractivity contribution in [3.63, 3.8) is 0 Å². The van der Waals surface area contributed by atoms with E-state index in [0.29, 0.717) is 19.3 Å². The third-order valence-corrected chi connectivity index (χ3v) is 14.3. The summed E-state index contributed by atoms with van der Waals surface area (Å²) in [4.78, 5) is 38.2. The molecule has 0 aliphatic rings. The van der Waals surface area contributed by atoms with Crippen molar-refractivity contribution >= 4 is 17.9 Å². The van der Waals surface area contributed by atoms with Gasteiger partial charge in [0.2, 0.25) is 0 Å². The summed E-state index contributed by atoms with van der Waals surface area (Å²) in [6, 6.07) is 0. The van der Waals surface area contributed by atoms with E-state index >= 15 is 0 Å². The van der Waals surface area contributed by atoms with Crippen LogP contribution in [0.3, 0.4) is 0 Å². The Morgan fingerprint density at radius 2 is 0.567 bits per heavy atom. The lowest BCUT2D eigenvalue weighted by molar-refractivity contribution is -0.167. The lowest BCUT2D eigenvalue weighted by atomic mass is 9.99.